The molecule has 19 heavy (non-hydrogen) atoms. The highest BCUT2D eigenvalue weighted by Gasteiger charge is 2.21. The highest BCUT2D eigenvalue weighted by molar-refractivity contribution is 5.98. The highest BCUT2D eigenvalue weighted by Crippen LogP contribution is 2.12. The molecule has 0 amide bonds. The third-order valence-corrected chi connectivity index (χ3v) is 2.88. The Labute approximate surface area is 123 Å². The van der Waals surface area contributed by atoms with E-state index in [1.165, 1.54) is 5.56 Å². The molecule has 0 saturated carbocycles. The topological polar surface area (TPSA) is 23.6 Å². The summed E-state index contributed by atoms with van der Waals surface area (Å²) in [5, 5.41) is 0. The van der Waals surface area contributed by atoms with Gasteiger partial charge in [0.05, 0.1) is 0 Å². The summed E-state index contributed by atoms with van der Waals surface area (Å²) < 4.78 is 0. The fourth-order valence-corrected chi connectivity index (χ4v) is 2.06. The van der Waals surface area contributed by atoms with Crippen molar-refractivity contribution in [3.05, 3.63) is 35.4 Å². The number of ketones is 1. The molecule has 0 saturated heterocycles. The van der Waals surface area contributed by atoms with Crippen molar-refractivity contribution in [2.24, 2.45) is 5.92 Å². The number of carbonyl (C=O) groups excluding carboxylic acids is 1. The van der Waals surface area contributed by atoms with Gasteiger partial charge in [-0.15, -0.1) is 12.4 Å². The van der Waals surface area contributed by atoms with Crippen LogP contribution in [-0.2, 0) is 0 Å². The molecule has 0 aliphatic heterocycles. The molecule has 0 fully saturated rings. The third kappa shape index (κ3) is 6.19. The average Bonchev–Trinajstić information content (AvgIpc) is 2.27. The molecule has 1 aromatic carbocycles. The van der Waals surface area contributed by atoms with Gasteiger partial charge in [0.15, 0.2) is 5.78 Å². The van der Waals surface area contributed by atoms with Gasteiger partial charge in [-0.3, -0.25) is 4.79 Å². The van der Waals surface area contributed by atoms with Crippen molar-refractivity contribution in [2.45, 2.75) is 6.92 Å². The number of benzene rings is 1. The first-order chi connectivity index (χ1) is 8.40. The van der Waals surface area contributed by atoms with Crippen LogP contribution in [0.5, 0.6) is 0 Å². The lowest BCUT2D eigenvalue weighted by atomic mass is 9.96. The van der Waals surface area contributed by atoms with Crippen molar-refractivity contribution in [2.75, 3.05) is 41.3 Å². The summed E-state index contributed by atoms with van der Waals surface area (Å²) in [6.45, 7) is 3.60. The molecule has 0 radical (unpaired) electrons. The SMILES string of the molecule is Cc1ccc(C(=O)C(CN(C)C)CN(C)C)cc1.Cl. The van der Waals surface area contributed by atoms with E-state index in [-0.39, 0.29) is 24.1 Å². The summed E-state index contributed by atoms with van der Waals surface area (Å²) in [4.78, 5) is 16.6. The second kappa shape index (κ2) is 8.31. The van der Waals surface area contributed by atoms with Crippen LogP contribution in [0.1, 0.15) is 15.9 Å². The summed E-state index contributed by atoms with van der Waals surface area (Å²) >= 11 is 0. The molecule has 1 aromatic rings. The van der Waals surface area contributed by atoms with E-state index in [0.717, 1.165) is 18.7 Å². The molecular formula is C15H25ClN2O. The fourth-order valence-electron chi connectivity index (χ4n) is 2.06. The highest BCUT2D eigenvalue weighted by atomic mass is 35.5. The zero-order valence-corrected chi connectivity index (χ0v) is 13.3. The Kier molecular flexibility index (Phi) is 7.91. The number of rotatable bonds is 6. The zero-order chi connectivity index (χ0) is 13.7. The minimum atomic E-state index is 0. The number of Topliss-reactive ketones (excluding diaryl/α,β-unsaturated/α-hetero) is 1. The summed E-state index contributed by atoms with van der Waals surface area (Å²) in [5.41, 5.74) is 2.00. The molecule has 0 aromatic heterocycles. The maximum Gasteiger partial charge on any atom is 0.168 e. The quantitative estimate of drug-likeness (QED) is 0.749. The van der Waals surface area contributed by atoms with Crippen LogP contribution in [0, 0.1) is 12.8 Å². The Bertz CT molecular complexity index is 378. The van der Waals surface area contributed by atoms with Crippen molar-refractivity contribution < 1.29 is 4.79 Å². The summed E-state index contributed by atoms with van der Waals surface area (Å²) in [6.07, 6.45) is 0. The standard InChI is InChI=1S/C15H24N2O.ClH/c1-12-6-8-13(9-7-12)15(18)14(10-16(2)3)11-17(4)5;/h6-9,14H,10-11H2,1-5H3;1H. The van der Waals surface area contributed by atoms with Crippen LogP contribution in [0.2, 0.25) is 0 Å². The van der Waals surface area contributed by atoms with Gasteiger partial charge in [0, 0.05) is 24.6 Å². The van der Waals surface area contributed by atoms with Gasteiger partial charge in [0.2, 0.25) is 0 Å². The van der Waals surface area contributed by atoms with Gasteiger partial charge < -0.3 is 9.80 Å². The minimum absolute atomic E-state index is 0. The summed E-state index contributed by atoms with van der Waals surface area (Å²) in [7, 11) is 8.02. The van der Waals surface area contributed by atoms with Crippen molar-refractivity contribution >= 4 is 18.2 Å². The van der Waals surface area contributed by atoms with Crippen molar-refractivity contribution in [3.63, 3.8) is 0 Å². The molecule has 4 heteroatoms. The van der Waals surface area contributed by atoms with Gasteiger partial charge in [-0.25, -0.2) is 0 Å². The van der Waals surface area contributed by atoms with Gasteiger partial charge >= 0.3 is 0 Å². The molecule has 0 atom stereocenters. The molecule has 3 nitrogen and oxygen atoms in total. The molecular weight excluding hydrogens is 260 g/mol. The van der Waals surface area contributed by atoms with Crippen LogP contribution in [0.15, 0.2) is 24.3 Å². The van der Waals surface area contributed by atoms with Crippen LogP contribution in [0.4, 0.5) is 0 Å². The first-order valence-corrected chi connectivity index (χ1v) is 6.30. The van der Waals surface area contributed by atoms with E-state index in [4.69, 9.17) is 0 Å². The van der Waals surface area contributed by atoms with Crippen LogP contribution >= 0.6 is 12.4 Å². The van der Waals surface area contributed by atoms with E-state index < -0.39 is 0 Å². The zero-order valence-electron chi connectivity index (χ0n) is 12.5. The molecule has 0 aliphatic carbocycles. The monoisotopic (exact) mass is 284 g/mol. The number of aryl methyl sites for hydroxylation is 1. The lowest BCUT2D eigenvalue weighted by Crippen LogP contribution is -2.35. The molecule has 0 unspecified atom stereocenters. The first kappa shape index (κ1) is 18.1. The summed E-state index contributed by atoms with van der Waals surface area (Å²) in [5.74, 6) is 0.259. The van der Waals surface area contributed by atoms with Crippen molar-refractivity contribution in [1.82, 2.24) is 9.80 Å². The Hall–Kier alpha value is -0.900. The number of carbonyl (C=O) groups is 1. The van der Waals surface area contributed by atoms with Gasteiger partial charge in [-0.05, 0) is 35.1 Å². The smallest absolute Gasteiger partial charge is 0.168 e. The van der Waals surface area contributed by atoms with E-state index in [0.29, 0.717) is 0 Å². The van der Waals surface area contributed by atoms with Gasteiger partial charge in [0.25, 0.3) is 0 Å². The Morgan fingerprint density at radius 1 is 1.00 bits per heavy atom. The van der Waals surface area contributed by atoms with Crippen molar-refractivity contribution in [1.29, 1.82) is 0 Å². The van der Waals surface area contributed by atoms with Crippen molar-refractivity contribution in [3.8, 4) is 0 Å². The molecule has 0 N–H and O–H groups in total. The predicted octanol–water partition coefficient (Wildman–Crippen LogP) is 2.34. The molecule has 1 rings (SSSR count). The summed E-state index contributed by atoms with van der Waals surface area (Å²) in [6, 6.07) is 7.84. The molecule has 0 spiro atoms. The van der Waals surface area contributed by atoms with Crippen LogP contribution in [0.3, 0.4) is 0 Å². The molecule has 108 valence electrons. The Balaban J connectivity index is 0.00000324. The number of hydrogen-bond donors (Lipinski definition) is 0. The largest absolute Gasteiger partial charge is 0.309 e. The number of hydrogen-bond acceptors (Lipinski definition) is 3. The van der Waals surface area contributed by atoms with E-state index in [1.807, 2.05) is 59.4 Å². The Morgan fingerprint density at radius 3 is 1.79 bits per heavy atom. The predicted molar refractivity (Wildman–Crippen MR) is 83.4 cm³/mol. The van der Waals surface area contributed by atoms with E-state index in [1.54, 1.807) is 0 Å². The lowest BCUT2D eigenvalue weighted by Gasteiger charge is -2.23. The average molecular weight is 285 g/mol. The number of nitrogens with zero attached hydrogens (tertiary/aromatic N) is 2. The fraction of sp³-hybridized carbons (Fsp3) is 0.533. The van der Waals surface area contributed by atoms with Crippen LogP contribution in [-0.4, -0.2) is 56.9 Å². The van der Waals surface area contributed by atoms with E-state index in [9.17, 15) is 4.79 Å². The van der Waals surface area contributed by atoms with E-state index >= 15 is 0 Å². The third-order valence-electron chi connectivity index (χ3n) is 2.88. The molecule has 0 aliphatic rings. The second-order valence-electron chi connectivity index (χ2n) is 5.45. The maximum atomic E-state index is 12.5. The van der Waals surface area contributed by atoms with E-state index in [2.05, 4.69) is 9.80 Å². The normalized spacial score (nSPS) is 10.9. The number of halogens is 1. The van der Waals surface area contributed by atoms with Gasteiger partial charge in [-0.2, -0.15) is 0 Å². The molecule has 0 heterocycles. The minimum Gasteiger partial charge on any atom is -0.309 e. The Morgan fingerprint density at radius 2 is 1.42 bits per heavy atom. The van der Waals surface area contributed by atoms with Crippen LogP contribution in [0.25, 0.3) is 0 Å². The van der Waals surface area contributed by atoms with Crippen LogP contribution < -0.4 is 0 Å². The van der Waals surface area contributed by atoms with Gasteiger partial charge in [-0.1, -0.05) is 29.8 Å². The van der Waals surface area contributed by atoms with Gasteiger partial charge in [0.1, 0.15) is 0 Å². The lowest BCUT2D eigenvalue weighted by molar-refractivity contribution is 0.0871. The maximum absolute atomic E-state index is 12.5. The first-order valence-electron chi connectivity index (χ1n) is 6.30. The molecule has 0 bridgehead atoms. The second-order valence-corrected chi connectivity index (χ2v) is 5.45.